The van der Waals surface area contributed by atoms with Crippen LogP contribution in [0.15, 0.2) is 18.2 Å². The second kappa shape index (κ2) is 4.13. The average molecular weight is 241 g/mol. The Morgan fingerprint density at radius 3 is 2.94 bits per heavy atom. The van der Waals surface area contributed by atoms with Crippen molar-refractivity contribution in [2.75, 3.05) is 31.6 Å². The molecule has 16 heavy (non-hydrogen) atoms. The van der Waals surface area contributed by atoms with Crippen LogP contribution in [-0.2, 0) is 4.74 Å². The Bertz CT molecular complexity index is 394. The number of nitrogens with zero attached hydrogens (tertiary/aromatic N) is 1. The normalized spacial score (nSPS) is 24.7. The van der Waals surface area contributed by atoms with Crippen molar-refractivity contribution in [3.05, 3.63) is 23.2 Å². The number of hydrogen-bond acceptors (Lipinski definition) is 4. The monoisotopic (exact) mass is 240 g/mol. The number of halogens is 1. The largest absolute Gasteiger partial charge is 0.455 e. The highest BCUT2D eigenvalue weighted by Crippen LogP contribution is 2.34. The van der Waals surface area contributed by atoms with E-state index in [2.05, 4.69) is 10.2 Å². The molecule has 4 nitrogen and oxygen atoms in total. The number of nitrogens with one attached hydrogen (secondary N) is 1. The zero-order valence-corrected chi connectivity index (χ0v) is 9.54. The van der Waals surface area contributed by atoms with Gasteiger partial charge in [-0.25, -0.2) is 4.90 Å². The maximum Gasteiger partial charge on any atom is 0.230 e. The number of ether oxygens (including phenoxy) is 2. The Morgan fingerprint density at radius 2 is 2.12 bits per heavy atom. The summed E-state index contributed by atoms with van der Waals surface area (Å²) in [6.07, 6.45) is -0.0858. The predicted octanol–water partition coefficient (Wildman–Crippen LogP) is 1.76. The summed E-state index contributed by atoms with van der Waals surface area (Å²) in [5.41, 5.74) is 0.962. The third-order valence-corrected chi connectivity index (χ3v) is 3.07. The van der Waals surface area contributed by atoms with Gasteiger partial charge in [0.2, 0.25) is 6.35 Å². The van der Waals surface area contributed by atoms with Crippen molar-refractivity contribution < 1.29 is 9.47 Å². The van der Waals surface area contributed by atoms with Crippen molar-refractivity contribution >= 4 is 17.3 Å². The first kappa shape index (κ1) is 10.2. The van der Waals surface area contributed by atoms with Crippen molar-refractivity contribution in [2.45, 2.75) is 6.35 Å². The van der Waals surface area contributed by atoms with Gasteiger partial charge in [-0.1, -0.05) is 11.6 Å². The average Bonchev–Trinajstić information content (AvgIpc) is 2.73. The summed E-state index contributed by atoms with van der Waals surface area (Å²) in [6.45, 7) is 3.30. The fourth-order valence-electron chi connectivity index (χ4n) is 1.98. The summed E-state index contributed by atoms with van der Waals surface area (Å²) in [6, 6.07) is 5.62. The lowest BCUT2D eigenvalue weighted by molar-refractivity contribution is -0.0274. The van der Waals surface area contributed by atoms with Crippen LogP contribution in [0.1, 0.15) is 0 Å². The van der Waals surface area contributed by atoms with Crippen LogP contribution in [0, 0.1) is 0 Å². The standard InChI is InChI=1S/C11H13ClN2O2/c12-8-1-2-10-9(7-8)13-11(16-10)14-3-5-15-6-4-14/h1-2,7,11,13H,3-6H2. The Balaban J connectivity index is 1.74. The van der Waals surface area contributed by atoms with Crippen LogP contribution < -0.4 is 10.1 Å². The van der Waals surface area contributed by atoms with E-state index >= 15 is 0 Å². The van der Waals surface area contributed by atoms with Gasteiger partial charge in [0.25, 0.3) is 0 Å². The van der Waals surface area contributed by atoms with Gasteiger partial charge in [0, 0.05) is 18.1 Å². The third-order valence-electron chi connectivity index (χ3n) is 2.84. The summed E-state index contributed by atoms with van der Waals surface area (Å²) in [5.74, 6) is 0.862. The molecule has 1 N–H and O–H groups in total. The first-order valence-electron chi connectivity index (χ1n) is 5.37. The van der Waals surface area contributed by atoms with Gasteiger partial charge < -0.3 is 14.8 Å². The molecule has 0 bridgehead atoms. The van der Waals surface area contributed by atoms with E-state index in [9.17, 15) is 0 Å². The minimum atomic E-state index is -0.0858. The van der Waals surface area contributed by atoms with E-state index in [0.717, 1.165) is 42.8 Å². The van der Waals surface area contributed by atoms with Crippen molar-refractivity contribution in [1.82, 2.24) is 4.90 Å². The molecule has 0 saturated carbocycles. The maximum atomic E-state index is 5.93. The summed E-state index contributed by atoms with van der Waals surface area (Å²) in [7, 11) is 0. The Morgan fingerprint density at radius 1 is 1.31 bits per heavy atom. The minimum absolute atomic E-state index is 0.0858. The highest BCUT2D eigenvalue weighted by molar-refractivity contribution is 6.30. The van der Waals surface area contributed by atoms with Gasteiger partial charge in [0.1, 0.15) is 5.75 Å². The first-order valence-corrected chi connectivity index (χ1v) is 5.75. The van der Waals surface area contributed by atoms with Crippen molar-refractivity contribution in [1.29, 1.82) is 0 Å². The Labute approximate surface area is 99.1 Å². The van der Waals surface area contributed by atoms with E-state index in [0.29, 0.717) is 0 Å². The highest BCUT2D eigenvalue weighted by Gasteiger charge is 2.28. The smallest absolute Gasteiger partial charge is 0.230 e. The molecule has 2 aliphatic rings. The fourth-order valence-corrected chi connectivity index (χ4v) is 2.15. The van der Waals surface area contributed by atoms with E-state index in [1.165, 1.54) is 0 Å². The molecule has 1 unspecified atom stereocenters. The Kier molecular flexibility index (Phi) is 2.63. The molecule has 5 heteroatoms. The zero-order chi connectivity index (χ0) is 11.0. The topological polar surface area (TPSA) is 33.7 Å². The molecule has 0 amide bonds. The molecule has 2 heterocycles. The van der Waals surface area contributed by atoms with Crippen molar-refractivity contribution in [3.8, 4) is 5.75 Å². The molecule has 1 atom stereocenters. The van der Waals surface area contributed by atoms with Crippen LogP contribution >= 0.6 is 11.6 Å². The molecular formula is C11H13ClN2O2. The molecule has 2 aliphatic heterocycles. The molecular weight excluding hydrogens is 228 g/mol. The van der Waals surface area contributed by atoms with Crippen LogP contribution in [0.25, 0.3) is 0 Å². The van der Waals surface area contributed by atoms with Crippen molar-refractivity contribution in [2.24, 2.45) is 0 Å². The number of morpholine rings is 1. The van der Waals surface area contributed by atoms with E-state index in [1.807, 2.05) is 18.2 Å². The molecule has 1 aromatic carbocycles. The van der Waals surface area contributed by atoms with E-state index < -0.39 is 0 Å². The highest BCUT2D eigenvalue weighted by atomic mass is 35.5. The molecule has 0 radical (unpaired) electrons. The number of rotatable bonds is 1. The molecule has 86 valence electrons. The molecule has 0 spiro atoms. The van der Waals surface area contributed by atoms with E-state index in [1.54, 1.807) is 0 Å². The van der Waals surface area contributed by atoms with Crippen LogP contribution in [0.5, 0.6) is 5.75 Å². The molecule has 3 rings (SSSR count). The molecule has 0 aliphatic carbocycles. The van der Waals surface area contributed by atoms with Gasteiger partial charge in [0.15, 0.2) is 0 Å². The van der Waals surface area contributed by atoms with Crippen molar-refractivity contribution in [3.63, 3.8) is 0 Å². The summed E-state index contributed by atoms with van der Waals surface area (Å²) in [4.78, 5) is 2.22. The van der Waals surface area contributed by atoms with Crippen LogP contribution in [0.3, 0.4) is 0 Å². The third kappa shape index (κ3) is 1.84. The van der Waals surface area contributed by atoms with Gasteiger partial charge in [-0.2, -0.15) is 0 Å². The predicted molar refractivity (Wildman–Crippen MR) is 61.9 cm³/mol. The molecule has 1 saturated heterocycles. The zero-order valence-electron chi connectivity index (χ0n) is 8.78. The SMILES string of the molecule is Clc1ccc2c(c1)NC(N1CCOCC1)O2. The summed E-state index contributed by atoms with van der Waals surface area (Å²) < 4.78 is 11.1. The van der Waals surface area contributed by atoms with Gasteiger partial charge in [-0.15, -0.1) is 0 Å². The van der Waals surface area contributed by atoms with E-state index in [4.69, 9.17) is 21.1 Å². The van der Waals surface area contributed by atoms with Gasteiger partial charge in [0.05, 0.1) is 18.9 Å². The van der Waals surface area contributed by atoms with Crippen LogP contribution in [0.2, 0.25) is 5.02 Å². The number of fused-ring (bicyclic) bond motifs is 1. The number of hydrogen-bond donors (Lipinski definition) is 1. The quantitative estimate of drug-likeness (QED) is 0.811. The van der Waals surface area contributed by atoms with Gasteiger partial charge in [-0.3, -0.25) is 0 Å². The van der Waals surface area contributed by atoms with Crippen LogP contribution in [-0.4, -0.2) is 37.6 Å². The summed E-state index contributed by atoms with van der Waals surface area (Å²) in [5, 5.41) is 4.03. The van der Waals surface area contributed by atoms with E-state index in [-0.39, 0.29) is 6.35 Å². The second-order valence-corrected chi connectivity index (χ2v) is 4.34. The summed E-state index contributed by atoms with van der Waals surface area (Å²) >= 11 is 5.93. The lowest BCUT2D eigenvalue weighted by atomic mass is 10.3. The molecule has 1 aromatic rings. The van der Waals surface area contributed by atoms with Gasteiger partial charge >= 0.3 is 0 Å². The minimum Gasteiger partial charge on any atom is -0.455 e. The van der Waals surface area contributed by atoms with Gasteiger partial charge in [-0.05, 0) is 18.2 Å². The lowest BCUT2D eigenvalue weighted by Crippen LogP contribution is -2.48. The number of benzene rings is 1. The molecule has 1 fully saturated rings. The Hall–Kier alpha value is -0.970. The number of anilines is 1. The van der Waals surface area contributed by atoms with Crippen LogP contribution in [0.4, 0.5) is 5.69 Å². The molecule has 0 aromatic heterocycles. The lowest BCUT2D eigenvalue weighted by Gasteiger charge is -2.30. The second-order valence-electron chi connectivity index (χ2n) is 3.90. The first-order chi connectivity index (χ1) is 7.83. The fraction of sp³-hybridized carbons (Fsp3) is 0.455. The maximum absolute atomic E-state index is 5.93.